The van der Waals surface area contributed by atoms with Crippen LogP contribution in [0.4, 0.5) is 0 Å². The summed E-state index contributed by atoms with van der Waals surface area (Å²) < 4.78 is 16.6. The Hall–Kier alpha value is -3.41. The van der Waals surface area contributed by atoms with Gasteiger partial charge in [0.15, 0.2) is 6.10 Å². The SMILES string of the molecule is CC\C=C/C=C\C=C/C=C\CCCCCC(=O)OC(COC(=O)CCC/C=C\C/C=C\C/C=C\CC)COC(=O)CCCCCCCCCCCCCCCCCC. The Morgan fingerprint density at radius 2 is 0.776 bits per heavy atom. The summed E-state index contributed by atoms with van der Waals surface area (Å²) in [5.74, 6) is -1.01. The van der Waals surface area contributed by atoms with Crippen molar-refractivity contribution >= 4 is 17.9 Å². The largest absolute Gasteiger partial charge is 0.462 e. The molecule has 6 nitrogen and oxygen atoms in total. The van der Waals surface area contributed by atoms with Crippen molar-refractivity contribution in [1.29, 1.82) is 0 Å². The van der Waals surface area contributed by atoms with Crippen LogP contribution in [0.15, 0.2) is 85.1 Å². The lowest BCUT2D eigenvalue weighted by Crippen LogP contribution is -2.30. The topological polar surface area (TPSA) is 78.9 Å². The van der Waals surface area contributed by atoms with Crippen LogP contribution in [-0.2, 0) is 28.6 Å². The maximum Gasteiger partial charge on any atom is 0.306 e. The van der Waals surface area contributed by atoms with Crippen LogP contribution in [0.1, 0.15) is 207 Å². The molecule has 1 atom stereocenters. The minimum Gasteiger partial charge on any atom is -0.462 e. The molecule has 0 saturated carbocycles. The van der Waals surface area contributed by atoms with E-state index in [9.17, 15) is 14.4 Å². The van der Waals surface area contributed by atoms with Gasteiger partial charge in [0.1, 0.15) is 13.2 Å². The summed E-state index contributed by atoms with van der Waals surface area (Å²) in [4.78, 5) is 37.8. The second kappa shape index (κ2) is 46.3. The molecule has 0 aromatic heterocycles. The molecule has 0 bridgehead atoms. The van der Waals surface area contributed by atoms with Crippen molar-refractivity contribution in [2.75, 3.05) is 13.2 Å². The molecule has 0 heterocycles. The van der Waals surface area contributed by atoms with Gasteiger partial charge in [0, 0.05) is 19.3 Å². The van der Waals surface area contributed by atoms with Crippen molar-refractivity contribution < 1.29 is 28.6 Å². The third-order valence-electron chi connectivity index (χ3n) is 9.74. The molecule has 0 fully saturated rings. The van der Waals surface area contributed by atoms with E-state index in [0.717, 1.165) is 70.6 Å². The highest BCUT2D eigenvalue weighted by Gasteiger charge is 2.19. The molecule has 6 heteroatoms. The van der Waals surface area contributed by atoms with Gasteiger partial charge in [-0.05, 0) is 64.2 Å². The van der Waals surface area contributed by atoms with Crippen LogP contribution in [0.2, 0.25) is 0 Å². The zero-order valence-electron chi connectivity index (χ0n) is 37.5. The van der Waals surface area contributed by atoms with Crippen molar-refractivity contribution in [3.8, 4) is 0 Å². The Labute approximate surface area is 356 Å². The van der Waals surface area contributed by atoms with Gasteiger partial charge >= 0.3 is 17.9 Å². The molecule has 0 radical (unpaired) electrons. The quantitative estimate of drug-likeness (QED) is 0.0201. The first kappa shape index (κ1) is 54.6. The first-order valence-corrected chi connectivity index (χ1v) is 23.6. The molecule has 330 valence electrons. The number of esters is 3. The third-order valence-corrected chi connectivity index (χ3v) is 9.74. The predicted molar refractivity (Wildman–Crippen MR) is 247 cm³/mol. The van der Waals surface area contributed by atoms with Crippen LogP contribution in [-0.4, -0.2) is 37.2 Å². The van der Waals surface area contributed by atoms with Crippen LogP contribution in [0.3, 0.4) is 0 Å². The molecule has 1 unspecified atom stereocenters. The fourth-order valence-corrected chi connectivity index (χ4v) is 6.24. The van der Waals surface area contributed by atoms with E-state index in [1.54, 1.807) is 0 Å². The van der Waals surface area contributed by atoms with Gasteiger partial charge in [-0.3, -0.25) is 14.4 Å². The van der Waals surface area contributed by atoms with Crippen molar-refractivity contribution in [1.82, 2.24) is 0 Å². The normalized spacial score (nSPS) is 12.8. The van der Waals surface area contributed by atoms with Crippen molar-refractivity contribution in [2.24, 2.45) is 0 Å². The van der Waals surface area contributed by atoms with Gasteiger partial charge in [-0.25, -0.2) is 0 Å². The Kier molecular flexibility index (Phi) is 43.6. The Bertz CT molecular complexity index is 1160. The fourth-order valence-electron chi connectivity index (χ4n) is 6.24. The smallest absolute Gasteiger partial charge is 0.306 e. The Morgan fingerprint density at radius 1 is 0.379 bits per heavy atom. The maximum atomic E-state index is 12.7. The summed E-state index contributed by atoms with van der Waals surface area (Å²) >= 11 is 0. The summed E-state index contributed by atoms with van der Waals surface area (Å²) in [5, 5.41) is 0. The highest BCUT2D eigenvalue weighted by Crippen LogP contribution is 2.15. The number of unbranched alkanes of at least 4 members (excludes halogenated alkanes) is 19. The number of allylic oxidation sites excluding steroid dienone is 14. The van der Waals surface area contributed by atoms with Gasteiger partial charge < -0.3 is 14.2 Å². The summed E-state index contributed by atoms with van der Waals surface area (Å²) in [6.07, 6.45) is 58.7. The average Bonchev–Trinajstić information content (AvgIpc) is 3.22. The molecule has 0 aliphatic rings. The zero-order valence-corrected chi connectivity index (χ0v) is 37.5. The Balaban J connectivity index is 4.46. The molecule has 58 heavy (non-hydrogen) atoms. The molecule has 0 spiro atoms. The van der Waals surface area contributed by atoms with E-state index in [1.165, 1.54) is 83.5 Å². The maximum absolute atomic E-state index is 12.7. The van der Waals surface area contributed by atoms with Gasteiger partial charge in [0.05, 0.1) is 0 Å². The average molecular weight is 807 g/mol. The molecular weight excluding hydrogens is 721 g/mol. The molecule has 0 aromatic rings. The number of hydrogen-bond acceptors (Lipinski definition) is 6. The third kappa shape index (κ3) is 43.7. The molecule has 0 aromatic carbocycles. The van der Waals surface area contributed by atoms with Crippen molar-refractivity contribution in [3.05, 3.63) is 85.1 Å². The van der Waals surface area contributed by atoms with Gasteiger partial charge in [-0.2, -0.15) is 0 Å². The van der Waals surface area contributed by atoms with Gasteiger partial charge in [0.25, 0.3) is 0 Å². The van der Waals surface area contributed by atoms with E-state index < -0.39 is 6.10 Å². The number of ether oxygens (including phenoxy) is 3. The van der Waals surface area contributed by atoms with Crippen molar-refractivity contribution in [3.63, 3.8) is 0 Å². The predicted octanol–water partition coefficient (Wildman–Crippen LogP) is 15.3. The minimum absolute atomic E-state index is 0.108. The lowest BCUT2D eigenvalue weighted by molar-refractivity contribution is -0.167. The number of carbonyl (C=O) groups is 3. The van der Waals surface area contributed by atoms with Gasteiger partial charge in [0.2, 0.25) is 0 Å². The van der Waals surface area contributed by atoms with Crippen LogP contribution in [0, 0.1) is 0 Å². The van der Waals surface area contributed by atoms with Crippen molar-refractivity contribution in [2.45, 2.75) is 213 Å². The van der Waals surface area contributed by atoms with Gasteiger partial charge in [-0.15, -0.1) is 0 Å². The Morgan fingerprint density at radius 3 is 1.31 bits per heavy atom. The molecular formula is C52H86O6. The van der Waals surface area contributed by atoms with Gasteiger partial charge in [-0.1, -0.05) is 209 Å². The molecule has 0 aliphatic carbocycles. The number of carbonyl (C=O) groups excluding carboxylic acids is 3. The summed E-state index contributed by atoms with van der Waals surface area (Å²) in [7, 11) is 0. The summed E-state index contributed by atoms with van der Waals surface area (Å²) in [6, 6.07) is 0. The van der Waals surface area contributed by atoms with E-state index in [0.29, 0.717) is 19.3 Å². The summed E-state index contributed by atoms with van der Waals surface area (Å²) in [5.41, 5.74) is 0. The zero-order chi connectivity index (χ0) is 42.3. The van der Waals surface area contributed by atoms with Crippen LogP contribution in [0.25, 0.3) is 0 Å². The van der Waals surface area contributed by atoms with E-state index in [1.807, 2.05) is 36.5 Å². The highest BCUT2D eigenvalue weighted by molar-refractivity contribution is 5.71. The van der Waals surface area contributed by atoms with E-state index >= 15 is 0 Å². The second-order valence-electron chi connectivity index (χ2n) is 15.4. The minimum atomic E-state index is -0.814. The van der Waals surface area contributed by atoms with Crippen LogP contribution in [0.5, 0.6) is 0 Å². The molecule has 0 aliphatic heterocycles. The summed E-state index contributed by atoms with van der Waals surface area (Å²) in [6.45, 7) is 6.28. The van der Waals surface area contributed by atoms with E-state index in [-0.39, 0.29) is 44.0 Å². The molecule has 0 amide bonds. The van der Waals surface area contributed by atoms with E-state index in [2.05, 4.69) is 69.4 Å². The highest BCUT2D eigenvalue weighted by atomic mass is 16.6. The first-order valence-electron chi connectivity index (χ1n) is 23.6. The fraction of sp³-hybridized carbons (Fsp3) is 0.673. The van der Waals surface area contributed by atoms with E-state index in [4.69, 9.17) is 14.2 Å². The standard InChI is InChI=1S/C52H86O6/c1-4-7-10-13-16-19-22-24-25-26-28-30-33-36-39-42-45-51(54)57-48-49(47-56-50(53)44-41-38-35-32-29-21-18-15-12-9-6-3)58-52(55)46-43-40-37-34-31-27-23-20-17-14-11-8-5-2/h8-9,11-12,14,17-18,20-21,23,27,31-32,35,49H,4-7,10,13,15-16,19,22,24-26,28-30,33-34,36-48H2,1-3H3/b11-8-,12-9-,17-14-,21-18-,23-20-,31-27-,35-32-. The van der Waals surface area contributed by atoms with Crippen LogP contribution >= 0.6 is 0 Å². The molecule has 0 saturated heterocycles. The molecule has 0 rings (SSSR count). The number of rotatable bonds is 41. The molecule has 0 N–H and O–H groups in total. The van der Waals surface area contributed by atoms with Crippen LogP contribution < -0.4 is 0 Å². The number of hydrogen-bond donors (Lipinski definition) is 0. The monoisotopic (exact) mass is 807 g/mol. The second-order valence-corrected chi connectivity index (χ2v) is 15.4. The first-order chi connectivity index (χ1) is 28.5. The lowest BCUT2D eigenvalue weighted by atomic mass is 10.0. The lowest BCUT2D eigenvalue weighted by Gasteiger charge is -2.18.